The highest BCUT2D eigenvalue weighted by Gasteiger charge is 2.23. The lowest BCUT2D eigenvalue weighted by Gasteiger charge is -2.30. The highest BCUT2D eigenvalue weighted by molar-refractivity contribution is 4.83. The molecule has 0 aliphatic rings. The van der Waals surface area contributed by atoms with E-state index in [4.69, 9.17) is 10.2 Å². The molecule has 1 unspecified atom stereocenters. The Labute approximate surface area is 93.9 Å². The van der Waals surface area contributed by atoms with E-state index in [9.17, 15) is 0 Å². The van der Waals surface area contributed by atoms with E-state index < -0.39 is 5.54 Å². The third-order valence-corrected chi connectivity index (χ3v) is 2.78. The molecule has 0 spiro atoms. The fraction of sp³-hybridized carbons (Fsp3) is 1.00. The third-order valence-electron chi connectivity index (χ3n) is 2.78. The minimum atomic E-state index is -0.538. The van der Waals surface area contributed by atoms with Crippen LogP contribution in [0.25, 0.3) is 0 Å². The Balaban J connectivity index is 3.67. The second-order valence-corrected chi connectivity index (χ2v) is 4.77. The Bertz CT molecular complexity index is 147. The molecule has 92 valence electrons. The Kier molecular flexibility index (Phi) is 8.02. The molecule has 3 N–H and O–H groups in total. The zero-order chi connectivity index (χ0) is 11.7. The first-order valence-corrected chi connectivity index (χ1v) is 6.07. The van der Waals surface area contributed by atoms with Crippen molar-refractivity contribution in [1.82, 2.24) is 5.32 Å². The molecule has 0 fully saturated rings. The molecule has 15 heavy (non-hydrogen) atoms. The van der Waals surface area contributed by atoms with Crippen molar-refractivity contribution in [2.75, 3.05) is 13.2 Å². The zero-order valence-electron chi connectivity index (χ0n) is 10.4. The van der Waals surface area contributed by atoms with Crippen molar-refractivity contribution in [3.63, 3.8) is 0 Å². The Hall–Kier alpha value is -0.120. The predicted octanol–water partition coefficient (Wildman–Crippen LogP) is 1.68. The van der Waals surface area contributed by atoms with Gasteiger partial charge in [-0.1, -0.05) is 32.6 Å². The summed E-state index contributed by atoms with van der Waals surface area (Å²) in [5, 5.41) is 21.5. The van der Waals surface area contributed by atoms with E-state index in [-0.39, 0.29) is 13.2 Å². The van der Waals surface area contributed by atoms with Crippen LogP contribution in [0.3, 0.4) is 0 Å². The summed E-state index contributed by atoms with van der Waals surface area (Å²) in [6.45, 7) is 6.10. The molecule has 0 aliphatic heterocycles. The van der Waals surface area contributed by atoms with Crippen LogP contribution in [-0.2, 0) is 0 Å². The lowest BCUT2D eigenvalue weighted by molar-refractivity contribution is 0.0944. The first-order chi connectivity index (χ1) is 7.08. The van der Waals surface area contributed by atoms with E-state index in [0.717, 1.165) is 6.42 Å². The molecular weight excluding hydrogens is 190 g/mol. The van der Waals surface area contributed by atoms with Gasteiger partial charge in [0.25, 0.3) is 0 Å². The molecule has 0 aromatic rings. The minimum Gasteiger partial charge on any atom is -0.394 e. The first kappa shape index (κ1) is 14.9. The number of aliphatic hydroxyl groups is 2. The van der Waals surface area contributed by atoms with Crippen molar-refractivity contribution >= 4 is 0 Å². The van der Waals surface area contributed by atoms with Gasteiger partial charge in [-0.05, 0) is 20.3 Å². The van der Waals surface area contributed by atoms with Gasteiger partial charge in [-0.2, -0.15) is 0 Å². The summed E-state index contributed by atoms with van der Waals surface area (Å²) < 4.78 is 0. The van der Waals surface area contributed by atoms with Gasteiger partial charge < -0.3 is 15.5 Å². The third kappa shape index (κ3) is 6.88. The SMILES string of the molecule is CCCCCCC(C)NC(C)(CO)CO. The van der Waals surface area contributed by atoms with Crippen LogP contribution >= 0.6 is 0 Å². The predicted molar refractivity (Wildman–Crippen MR) is 63.9 cm³/mol. The number of unbranched alkanes of at least 4 members (excludes halogenated alkanes) is 3. The molecule has 0 rings (SSSR count). The van der Waals surface area contributed by atoms with Gasteiger partial charge in [-0.15, -0.1) is 0 Å². The molecule has 0 radical (unpaired) electrons. The van der Waals surface area contributed by atoms with Crippen LogP contribution in [-0.4, -0.2) is 35.0 Å². The van der Waals surface area contributed by atoms with Crippen molar-refractivity contribution in [2.45, 2.75) is 64.5 Å². The quantitative estimate of drug-likeness (QED) is 0.515. The summed E-state index contributed by atoms with van der Waals surface area (Å²) in [6.07, 6.45) is 6.15. The second kappa shape index (κ2) is 8.08. The summed E-state index contributed by atoms with van der Waals surface area (Å²) in [5.74, 6) is 0. The summed E-state index contributed by atoms with van der Waals surface area (Å²) >= 11 is 0. The maximum absolute atomic E-state index is 9.12. The van der Waals surface area contributed by atoms with E-state index in [1.165, 1.54) is 25.7 Å². The topological polar surface area (TPSA) is 52.5 Å². The van der Waals surface area contributed by atoms with Gasteiger partial charge in [0.05, 0.1) is 18.8 Å². The van der Waals surface area contributed by atoms with E-state index in [0.29, 0.717) is 6.04 Å². The maximum Gasteiger partial charge on any atom is 0.0633 e. The van der Waals surface area contributed by atoms with Crippen molar-refractivity contribution in [3.05, 3.63) is 0 Å². The van der Waals surface area contributed by atoms with Gasteiger partial charge in [0.15, 0.2) is 0 Å². The van der Waals surface area contributed by atoms with Crippen LogP contribution in [0.5, 0.6) is 0 Å². The van der Waals surface area contributed by atoms with Crippen LogP contribution in [0, 0.1) is 0 Å². The monoisotopic (exact) mass is 217 g/mol. The molecule has 1 atom stereocenters. The largest absolute Gasteiger partial charge is 0.394 e. The Morgan fingerprint density at radius 1 is 1.13 bits per heavy atom. The highest BCUT2D eigenvalue weighted by atomic mass is 16.3. The van der Waals surface area contributed by atoms with E-state index in [1.54, 1.807) is 0 Å². The van der Waals surface area contributed by atoms with Gasteiger partial charge in [0.2, 0.25) is 0 Å². The standard InChI is InChI=1S/C12H27NO2/c1-4-5-6-7-8-11(2)13-12(3,9-14)10-15/h11,13-15H,4-10H2,1-3H3. The molecule has 0 bridgehead atoms. The Morgan fingerprint density at radius 2 is 1.73 bits per heavy atom. The average Bonchev–Trinajstić information content (AvgIpc) is 2.24. The number of nitrogens with one attached hydrogen (secondary N) is 1. The number of hydrogen-bond donors (Lipinski definition) is 3. The van der Waals surface area contributed by atoms with Crippen LogP contribution in [0.1, 0.15) is 52.9 Å². The lowest BCUT2D eigenvalue weighted by atomic mass is 10.0. The second-order valence-electron chi connectivity index (χ2n) is 4.77. The van der Waals surface area contributed by atoms with Crippen LogP contribution in [0.2, 0.25) is 0 Å². The van der Waals surface area contributed by atoms with Crippen molar-refractivity contribution in [1.29, 1.82) is 0 Å². The number of aliphatic hydroxyl groups excluding tert-OH is 2. The molecule has 3 nitrogen and oxygen atoms in total. The van der Waals surface area contributed by atoms with E-state index in [2.05, 4.69) is 19.2 Å². The van der Waals surface area contributed by atoms with Gasteiger partial charge >= 0.3 is 0 Å². The average molecular weight is 217 g/mol. The highest BCUT2D eigenvalue weighted by Crippen LogP contribution is 2.09. The van der Waals surface area contributed by atoms with Crippen LogP contribution in [0.15, 0.2) is 0 Å². The van der Waals surface area contributed by atoms with Gasteiger partial charge in [-0.3, -0.25) is 0 Å². The van der Waals surface area contributed by atoms with Gasteiger partial charge in [0.1, 0.15) is 0 Å². The zero-order valence-corrected chi connectivity index (χ0v) is 10.4. The van der Waals surface area contributed by atoms with Crippen molar-refractivity contribution in [3.8, 4) is 0 Å². The van der Waals surface area contributed by atoms with Gasteiger partial charge in [0, 0.05) is 6.04 Å². The molecule has 0 aromatic carbocycles. The molecule has 0 saturated heterocycles. The summed E-state index contributed by atoms with van der Waals surface area (Å²) in [4.78, 5) is 0. The Morgan fingerprint density at radius 3 is 2.20 bits per heavy atom. The fourth-order valence-corrected chi connectivity index (χ4v) is 1.69. The molecular formula is C12H27NO2. The minimum absolute atomic E-state index is 0.0250. The lowest BCUT2D eigenvalue weighted by Crippen LogP contribution is -2.52. The maximum atomic E-state index is 9.12. The van der Waals surface area contributed by atoms with Crippen LogP contribution in [0.4, 0.5) is 0 Å². The first-order valence-electron chi connectivity index (χ1n) is 6.07. The molecule has 0 aromatic heterocycles. The van der Waals surface area contributed by atoms with Gasteiger partial charge in [-0.25, -0.2) is 0 Å². The summed E-state index contributed by atoms with van der Waals surface area (Å²) in [5.41, 5.74) is -0.538. The molecule has 0 aliphatic carbocycles. The van der Waals surface area contributed by atoms with Crippen LogP contribution < -0.4 is 5.32 Å². The molecule has 3 heteroatoms. The number of hydrogen-bond acceptors (Lipinski definition) is 3. The fourth-order valence-electron chi connectivity index (χ4n) is 1.69. The molecule has 0 amide bonds. The smallest absolute Gasteiger partial charge is 0.0633 e. The van der Waals surface area contributed by atoms with E-state index in [1.807, 2.05) is 6.92 Å². The normalized spacial score (nSPS) is 14.2. The summed E-state index contributed by atoms with van der Waals surface area (Å²) in [6, 6.07) is 0.353. The molecule has 0 heterocycles. The van der Waals surface area contributed by atoms with E-state index >= 15 is 0 Å². The molecule has 0 saturated carbocycles. The van der Waals surface area contributed by atoms with Crippen molar-refractivity contribution in [2.24, 2.45) is 0 Å². The van der Waals surface area contributed by atoms with Crippen molar-refractivity contribution < 1.29 is 10.2 Å². The summed E-state index contributed by atoms with van der Waals surface area (Å²) in [7, 11) is 0. The number of rotatable bonds is 9.